The van der Waals surface area contributed by atoms with E-state index in [1.54, 1.807) is 6.07 Å². The number of benzene rings is 2. The average Bonchev–Trinajstić information content (AvgIpc) is 3.14. The molecule has 11 heteroatoms. The fourth-order valence-electron chi connectivity index (χ4n) is 3.09. The number of hydrogen-bond donors (Lipinski definition) is 1. The number of carbonyl (C=O) groups is 1. The molecule has 0 bridgehead atoms. The van der Waals surface area contributed by atoms with Crippen LogP contribution in [0.4, 0.5) is 5.13 Å². The molecule has 0 aliphatic heterocycles. The summed E-state index contributed by atoms with van der Waals surface area (Å²) in [6.45, 7) is -0.208. The molecular weight excluding hydrogens is 452 g/mol. The highest BCUT2D eigenvalue weighted by molar-refractivity contribution is 7.90. The van der Waals surface area contributed by atoms with Crippen LogP contribution in [0.5, 0.6) is 0 Å². The van der Waals surface area contributed by atoms with Gasteiger partial charge in [0.1, 0.15) is 6.54 Å². The molecule has 9 nitrogen and oxygen atoms in total. The molecule has 0 atom stereocenters. The zero-order valence-electron chi connectivity index (χ0n) is 16.9. The first kappa shape index (κ1) is 21.7. The number of hydrogen-bond acceptors (Lipinski definition) is 7. The molecule has 4 aromatic rings. The highest BCUT2D eigenvalue weighted by atomic mass is 32.2. The molecule has 1 N–H and O–H groups in total. The molecule has 0 aliphatic carbocycles. The Morgan fingerprint density at radius 3 is 2.56 bits per heavy atom. The van der Waals surface area contributed by atoms with Gasteiger partial charge in [0.2, 0.25) is 5.91 Å². The number of carbonyl (C=O) groups excluding carboxylic acids is 1. The normalized spacial score (nSPS) is 11.5. The second kappa shape index (κ2) is 8.52. The van der Waals surface area contributed by atoms with Gasteiger partial charge < -0.3 is 5.32 Å². The number of anilines is 1. The van der Waals surface area contributed by atoms with E-state index in [9.17, 15) is 22.8 Å². The summed E-state index contributed by atoms with van der Waals surface area (Å²) in [6.07, 6.45) is 2.51. The average molecular weight is 471 g/mol. The van der Waals surface area contributed by atoms with Crippen molar-refractivity contribution >= 4 is 42.4 Å². The van der Waals surface area contributed by atoms with E-state index in [0.717, 1.165) is 27.7 Å². The Labute approximate surface area is 186 Å². The van der Waals surface area contributed by atoms with Gasteiger partial charge >= 0.3 is 5.69 Å². The van der Waals surface area contributed by atoms with E-state index in [0.29, 0.717) is 10.2 Å². The summed E-state index contributed by atoms with van der Waals surface area (Å²) in [5, 5.41) is 2.81. The number of sulfone groups is 1. The minimum absolute atomic E-state index is 0.154. The lowest BCUT2D eigenvalue weighted by Gasteiger charge is -2.09. The highest BCUT2D eigenvalue weighted by Gasteiger charge is 2.14. The second-order valence-corrected chi connectivity index (χ2v) is 10.2. The second-order valence-electron chi connectivity index (χ2n) is 7.11. The Morgan fingerprint density at radius 1 is 1.09 bits per heavy atom. The smallest absolute Gasteiger partial charge is 0.300 e. The van der Waals surface area contributed by atoms with Crippen molar-refractivity contribution in [3.05, 3.63) is 87.2 Å². The van der Waals surface area contributed by atoms with Crippen LogP contribution < -0.4 is 16.6 Å². The molecule has 2 aromatic carbocycles. The molecule has 4 rings (SSSR count). The number of amides is 1. The predicted octanol–water partition coefficient (Wildman–Crippen LogP) is 1.71. The molecule has 164 valence electrons. The number of nitrogens with zero attached hydrogens (tertiary/aromatic N) is 3. The van der Waals surface area contributed by atoms with E-state index in [1.165, 1.54) is 29.0 Å². The van der Waals surface area contributed by atoms with Gasteiger partial charge in [0.05, 0.1) is 21.7 Å². The maximum Gasteiger partial charge on any atom is 0.331 e. The van der Waals surface area contributed by atoms with Crippen LogP contribution in [0, 0.1) is 0 Å². The maximum atomic E-state index is 12.7. The fourth-order valence-corrected chi connectivity index (χ4v) is 4.74. The topological polar surface area (TPSA) is 120 Å². The first-order chi connectivity index (χ1) is 15.2. The van der Waals surface area contributed by atoms with Gasteiger partial charge in [0.15, 0.2) is 15.0 Å². The first-order valence-corrected chi connectivity index (χ1v) is 12.2. The van der Waals surface area contributed by atoms with Gasteiger partial charge in [0, 0.05) is 18.5 Å². The minimum atomic E-state index is -3.37. The van der Waals surface area contributed by atoms with Crippen molar-refractivity contribution in [2.75, 3.05) is 11.6 Å². The number of fused-ring (bicyclic) bond motifs is 1. The zero-order chi connectivity index (χ0) is 22.9. The quantitative estimate of drug-likeness (QED) is 0.458. The number of thiazole rings is 1. The molecule has 0 radical (unpaired) electrons. The summed E-state index contributed by atoms with van der Waals surface area (Å²) in [6, 6.07) is 15.0. The SMILES string of the molecule is CS(=O)(=O)c1ccc2nc(NC(=O)Cn3c(=O)ccn(Cc4ccccc4)c3=O)sc2c1. The molecular formula is C21H18N4O5S2. The minimum Gasteiger partial charge on any atom is -0.300 e. The highest BCUT2D eigenvalue weighted by Crippen LogP contribution is 2.28. The Bertz CT molecular complexity index is 1540. The van der Waals surface area contributed by atoms with Crippen molar-refractivity contribution in [2.45, 2.75) is 18.0 Å². The number of rotatable bonds is 6. The summed E-state index contributed by atoms with van der Waals surface area (Å²) >= 11 is 1.10. The molecule has 2 heterocycles. The molecule has 0 saturated carbocycles. The Morgan fingerprint density at radius 2 is 1.84 bits per heavy atom. The largest absolute Gasteiger partial charge is 0.331 e. The van der Waals surface area contributed by atoms with Crippen molar-refractivity contribution in [2.24, 2.45) is 0 Å². The van der Waals surface area contributed by atoms with Gasteiger partial charge in [-0.1, -0.05) is 41.7 Å². The van der Waals surface area contributed by atoms with E-state index in [1.807, 2.05) is 30.3 Å². The Balaban J connectivity index is 1.55. The monoisotopic (exact) mass is 470 g/mol. The molecule has 0 unspecified atom stereocenters. The lowest BCUT2D eigenvalue weighted by Crippen LogP contribution is -2.41. The van der Waals surface area contributed by atoms with E-state index in [4.69, 9.17) is 0 Å². The van der Waals surface area contributed by atoms with Gasteiger partial charge in [-0.15, -0.1) is 0 Å². The van der Waals surface area contributed by atoms with Gasteiger partial charge in [-0.2, -0.15) is 0 Å². The van der Waals surface area contributed by atoms with Crippen LogP contribution in [0.3, 0.4) is 0 Å². The maximum absolute atomic E-state index is 12.7. The molecule has 0 spiro atoms. The third-order valence-corrected chi connectivity index (χ3v) is 6.72. The standard InChI is InChI=1S/C21H18N4O5S2/c1-32(29,30)15-7-8-16-17(11-15)31-20(22-16)23-18(26)13-25-19(27)9-10-24(21(25)28)12-14-5-3-2-4-6-14/h2-11H,12-13H2,1H3,(H,22,23,26). The van der Waals surface area contributed by atoms with Crippen molar-refractivity contribution in [1.29, 1.82) is 0 Å². The van der Waals surface area contributed by atoms with Crippen LogP contribution >= 0.6 is 11.3 Å². The summed E-state index contributed by atoms with van der Waals surface area (Å²) in [5.41, 5.74) is 0.224. The molecule has 0 saturated heterocycles. The van der Waals surface area contributed by atoms with E-state index >= 15 is 0 Å². The third kappa shape index (κ3) is 4.68. The first-order valence-electron chi connectivity index (χ1n) is 9.45. The van der Waals surface area contributed by atoms with Crippen LogP contribution in [-0.2, 0) is 27.7 Å². The van der Waals surface area contributed by atoms with Crippen LogP contribution in [0.1, 0.15) is 5.56 Å². The zero-order valence-corrected chi connectivity index (χ0v) is 18.5. The third-order valence-electron chi connectivity index (χ3n) is 4.67. The van der Waals surface area contributed by atoms with Gasteiger partial charge in [-0.25, -0.2) is 18.2 Å². The summed E-state index contributed by atoms with van der Waals surface area (Å²) in [7, 11) is -3.37. The van der Waals surface area contributed by atoms with Crippen LogP contribution in [0.15, 0.2) is 75.3 Å². The Kier molecular flexibility index (Phi) is 5.76. The summed E-state index contributed by atoms with van der Waals surface area (Å²) in [5.74, 6) is -0.593. The van der Waals surface area contributed by atoms with Gasteiger partial charge in [0.25, 0.3) is 5.56 Å². The van der Waals surface area contributed by atoms with Crippen molar-refractivity contribution < 1.29 is 13.2 Å². The molecule has 0 aliphatic rings. The van der Waals surface area contributed by atoms with Crippen molar-refractivity contribution in [3.8, 4) is 0 Å². The summed E-state index contributed by atoms with van der Waals surface area (Å²) < 4.78 is 26.2. The van der Waals surface area contributed by atoms with Crippen molar-refractivity contribution in [1.82, 2.24) is 14.1 Å². The van der Waals surface area contributed by atoms with Crippen LogP contribution in [0.2, 0.25) is 0 Å². The van der Waals surface area contributed by atoms with Gasteiger partial charge in [-0.05, 0) is 23.8 Å². The lowest BCUT2D eigenvalue weighted by molar-refractivity contribution is -0.116. The van der Waals surface area contributed by atoms with E-state index in [-0.39, 0.29) is 16.6 Å². The molecule has 32 heavy (non-hydrogen) atoms. The Hall–Kier alpha value is -3.57. The van der Waals surface area contributed by atoms with Gasteiger partial charge in [-0.3, -0.25) is 18.7 Å². The van der Waals surface area contributed by atoms with Crippen LogP contribution in [0.25, 0.3) is 10.2 Å². The van der Waals surface area contributed by atoms with E-state index < -0.39 is 33.5 Å². The lowest BCUT2D eigenvalue weighted by atomic mass is 10.2. The summed E-state index contributed by atoms with van der Waals surface area (Å²) in [4.78, 5) is 41.9. The number of nitrogens with one attached hydrogen (secondary N) is 1. The van der Waals surface area contributed by atoms with Crippen molar-refractivity contribution in [3.63, 3.8) is 0 Å². The number of aromatic nitrogens is 3. The molecule has 1 amide bonds. The predicted molar refractivity (Wildman–Crippen MR) is 122 cm³/mol. The van der Waals surface area contributed by atoms with E-state index in [2.05, 4.69) is 10.3 Å². The fraction of sp³-hybridized carbons (Fsp3) is 0.143. The molecule has 0 fully saturated rings. The van der Waals surface area contributed by atoms with Crippen LogP contribution in [-0.4, -0.2) is 34.7 Å². The molecule has 2 aromatic heterocycles.